The molecule has 0 amide bonds. The minimum Gasteiger partial charge on any atom is -0.493 e. The van der Waals surface area contributed by atoms with Crippen LogP contribution in [0.1, 0.15) is 18.9 Å². The summed E-state index contributed by atoms with van der Waals surface area (Å²) in [4.78, 5) is 0. The Bertz CT molecular complexity index is 374. The highest BCUT2D eigenvalue weighted by atomic mass is 16.5. The van der Waals surface area contributed by atoms with Gasteiger partial charge in [-0.05, 0) is 42.7 Å². The van der Waals surface area contributed by atoms with E-state index in [-0.39, 0.29) is 0 Å². The van der Waals surface area contributed by atoms with E-state index in [1.165, 1.54) is 0 Å². The Morgan fingerprint density at radius 3 is 2.71 bits per heavy atom. The van der Waals surface area contributed by atoms with Gasteiger partial charge in [-0.15, -0.1) is 0 Å². The van der Waals surface area contributed by atoms with Crippen LogP contribution in [0.3, 0.4) is 0 Å². The molecule has 94 valence electrons. The highest BCUT2D eigenvalue weighted by Gasteiger charge is 2.05. The van der Waals surface area contributed by atoms with Crippen LogP contribution in [0.15, 0.2) is 30.4 Å². The predicted molar refractivity (Wildman–Crippen MR) is 70.7 cm³/mol. The third-order valence-corrected chi connectivity index (χ3v) is 2.59. The van der Waals surface area contributed by atoms with Gasteiger partial charge in [-0.3, -0.25) is 0 Å². The molecular formula is C14H21NO2. The first-order chi connectivity index (χ1) is 8.21. The zero-order valence-electron chi connectivity index (χ0n) is 10.7. The first-order valence-corrected chi connectivity index (χ1v) is 5.87. The molecule has 2 N–H and O–H groups in total. The van der Waals surface area contributed by atoms with Gasteiger partial charge in [0, 0.05) is 0 Å². The molecule has 17 heavy (non-hydrogen) atoms. The van der Waals surface area contributed by atoms with Gasteiger partial charge in [0.2, 0.25) is 0 Å². The van der Waals surface area contributed by atoms with Crippen LogP contribution < -0.4 is 15.2 Å². The topological polar surface area (TPSA) is 44.5 Å². The number of hydrogen-bond donors (Lipinski definition) is 1. The molecule has 0 heterocycles. The molecule has 0 radical (unpaired) electrons. The summed E-state index contributed by atoms with van der Waals surface area (Å²) in [6, 6.07) is 5.91. The summed E-state index contributed by atoms with van der Waals surface area (Å²) in [6.45, 7) is 7.14. The zero-order valence-corrected chi connectivity index (χ0v) is 10.7. The van der Waals surface area contributed by atoms with Crippen LogP contribution in [0.5, 0.6) is 11.5 Å². The lowest BCUT2D eigenvalue weighted by Gasteiger charge is -2.12. The monoisotopic (exact) mass is 235 g/mol. The van der Waals surface area contributed by atoms with Crippen molar-refractivity contribution in [3.8, 4) is 11.5 Å². The average Bonchev–Trinajstić information content (AvgIpc) is 2.36. The Labute approximate surface area is 103 Å². The molecule has 0 aromatic heterocycles. The summed E-state index contributed by atoms with van der Waals surface area (Å²) in [7, 11) is 1.64. The maximum Gasteiger partial charge on any atom is 0.161 e. The Morgan fingerprint density at radius 1 is 1.35 bits per heavy atom. The van der Waals surface area contributed by atoms with E-state index in [2.05, 4.69) is 13.5 Å². The predicted octanol–water partition coefficient (Wildman–Crippen LogP) is 2.54. The summed E-state index contributed by atoms with van der Waals surface area (Å²) in [6.07, 6.45) is 1.77. The largest absolute Gasteiger partial charge is 0.493 e. The molecule has 3 nitrogen and oxygen atoms in total. The van der Waals surface area contributed by atoms with E-state index in [0.29, 0.717) is 13.2 Å². The fraction of sp³-hybridized carbons (Fsp3) is 0.429. The first-order valence-electron chi connectivity index (χ1n) is 5.87. The number of nitrogens with two attached hydrogens (primary N) is 1. The second kappa shape index (κ2) is 6.97. The summed E-state index contributed by atoms with van der Waals surface area (Å²) < 4.78 is 11.0. The number of hydrogen-bond acceptors (Lipinski definition) is 3. The van der Waals surface area contributed by atoms with Gasteiger partial charge in [0.25, 0.3) is 0 Å². The van der Waals surface area contributed by atoms with Crippen LogP contribution in [-0.2, 0) is 6.42 Å². The van der Waals surface area contributed by atoms with E-state index in [0.717, 1.165) is 35.5 Å². The first kappa shape index (κ1) is 13.6. The summed E-state index contributed by atoms with van der Waals surface area (Å²) in [5, 5.41) is 0. The molecule has 0 fully saturated rings. The lowest BCUT2D eigenvalue weighted by molar-refractivity contribution is 0.317. The molecule has 0 unspecified atom stereocenters. The lowest BCUT2D eigenvalue weighted by atomic mass is 10.1. The van der Waals surface area contributed by atoms with Crippen molar-refractivity contribution in [1.29, 1.82) is 0 Å². The third-order valence-electron chi connectivity index (χ3n) is 2.59. The van der Waals surface area contributed by atoms with Crippen LogP contribution in [0.25, 0.3) is 0 Å². The Kier molecular flexibility index (Phi) is 5.57. The molecule has 0 atom stereocenters. The quantitative estimate of drug-likeness (QED) is 0.739. The molecule has 0 saturated carbocycles. The summed E-state index contributed by atoms with van der Waals surface area (Å²) in [5.74, 6) is 1.50. The van der Waals surface area contributed by atoms with Gasteiger partial charge in [-0.1, -0.05) is 19.6 Å². The average molecular weight is 235 g/mol. The van der Waals surface area contributed by atoms with Crippen molar-refractivity contribution in [1.82, 2.24) is 0 Å². The van der Waals surface area contributed by atoms with E-state index in [1.54, 1.807) is 7.11 Å². The lowest BCUT2D eigenvalue weighted by Crippen LogP contribution is -2.04. The van der Waals surface area contributed by atoms with Crippen molar-refractivity contribution in [3.05, 3.63) is 35.9 Å². The van der Waals surface area contributed by atoms with Crippen molar-refractivity contribution in [2.45, 2.75) is 19.8 Å². The minimum atomic E-state index is 0.531. The Morgan fingerprint density at radius 2 is 2.12 bits per heavy atom. The van der Waals surface area contributed by atoms with Gasteiger partial charge in [-0.2, -0.15) is 0 Å². The van der Waals surface area contributed by atoms with Crippen molar-refractivity contribution >= 4 is 0 Å². The zero-order chi connectivity index (χ0) is 12.7. The number of methoxy groups -OCH3 is 1. The Balaban J connectivity index is 2.74. The maximum atomic E-state index is 5.66. The normalized spacial score (nSPS) is 10.1. The molecule has 0 aliphatic rings. The van der Waals surface area contributed by atoms with Crippen molar-refractivity contribution in [2.24, 2.45) is 5.73 Å². The molecule has 0 spiro atoms. The highest BCUT2D eigenvalue weighted by Crippen LogP contribution is 2.28. The maximum absolute atomic E-state index is 5.66. The fourth-order valence-corrected chi connectivity index (χ4v) is 1.44. The molecule has 0 aliphatic heterocycles. The second-order valence-corrected chi connectivity index (χ2v) is 3.92. The second-order valence-electron chi connectivity index (χ2n) is 3.92. The molecule has 0 bridgehead atoms. The molecule has 3 heteroatoms. The van der Waals surface area contributed by atoms with Crippen LogP contribution in [0.4, 0.5) is 0 Å². The molecule has 0 aliphatic carbocycles. The van der Waals surface area contributed by atoms with E-state index < -0.39 is 0 Å². The number of rotatable bonds is 7. The SMILES string of the molecule is C=C(CC)COc1ccc(CCN)cc1OC. The van der Waals surface area contributed by atoms with Gasteiger partial charge in [0.15, 0.2) is 11.5 Å². The van der Waals surface area contributed by atoms with Gasteiger partial charge < -0.3 is 15.2 Å². The van der Waals surface area contributed by atoms with Gasteiger partial charge in [-0.25, -0.2) is 0 Å². The van der Waals surface area contributed by atoms with E-state index in [1.807, 2.05) is 18.2 Å². The Hall–Kier alpha value is -1.48. The number of ether oxygens (including phenoxy) is 2. The van der Waals surface area contributed by atoms with Crippen molar-refractivity contribution < 1.29 is 9.47 Å². The van der Waals surface area contributed by atoms with Crippen LogP contribution in [0, 0.1) is 0 Å². The van der Waals surface area contributed by atoms with E-state index in [9.17, 15) is 0 Å². The number of benzene rings is 1. The van der Waals surface area contributed by atoms with E-state index in [4.69, 9.17) is 15.2 Å². The molecule has 1 aromatic rings. The minimum absolute atomic E-state index is 0.531. The van der Waals surface area contributed by atoms with Crippen molar-refractivity contribution in [2.75, 3.05) is 20.3 Å². The van der Waals surface area contributed by atoms with Gasteiger partial charge in [0.1, 0.15) is 6.61 Å². The highest BCUT2D eigenvalue weighted by molar-refractivity contribution is 5.43. The van der Waals surface area contributed by atoms with Crippen molar-refractivity contribution in [3.63, 3.8) is 0 Å². The van der Waals surface area contributed by atoms with Crippen LogP contribution in [0.2, 0.25) is 0 Å². The summed E-state index contributed by atoms with van der Waals surface area (Å²) >= 11 is 0. The van der Waals surface area contributed by atoms with Gasteiger partial charge >= 0.3 is 0 Å². The molecule has 1 rings (SSSR count). The van der Waals surface area contributed by atoms with Crippen LogP contribution >= 0.6 is 0 Å². The third kappa shape index (κ3) is 4.11. The van der Waals surface area contributed by atoms with Crippen LogP contribution in [-0.4, -0.2) is 20.3 Å². The smallest absolute Gasteiger partial charge is 0.161 e. The fourth-order valence-electron chi connectivity index (χ4n) is 1.44. The molecule has 1 aromatic carbocycles. The summed E-state index contributed by atoms with van der Waals surface area (Å²) in [5.41, 5.74) is 7.75. The standard InChI is InChI=1S/C14H21NO2/c1-4-11(2)10-17-13-6-5-12(7-8-15)9-14(13)16-3/h5-6,9H,2,4,7-8,10,15H2,1,3H3. The molecule has 0 saturated heterocycles. The van der Waals surface area contributed by atoms with E-state index >= 15 is 0 Å². The van der Waals surface area contributed by atoms with Gasteiger partial charge in [0.05, 0.1) is 7.11 Å². The molecular weight excluding hydrogens is 214 g/mol.